The third-order valence-corrected chi connectivity index (χ3v) is 2.97. The summed E-state index contributed by atoms with van der Waals surface area (Å²) in [6, 6.07) is 8.27. The molecule has 82 valence electrons. The summed E-state index contributed by atoms with van der Waals surface area (Å²) in [5.41, 5.74) is 2.38. The van der Waals surface area contributed by atoms with Crippen LogP contribution in [0, 0.1) is 25.0 Å². The average molecular weight is 401 g/mol. The van der Waals surface area contributed by atoms with Crippen LogP contribution in [0.15, 0.2) is 24.3 Å². The molecule has 2 N–H and O–H groups in total. The van der Waals surface area contributed by atoms with E-state index < -0.39 is 0 Å². The van der Waals surface area contributed by atoms with Gasteiger partial charge >= 0.3 is 106 Å². The van der Waals surface area contributed by atoms with Crippen molar-refractivity contribution in [2.75, 3.05) is 9.81 Å². The Labute approximate surface area is 106 Å². The van der Waals surface area contributed by atoms with Gasteiger partial charge in [0.1, 0.15) is 0 Å². The van der Waals surface area contributed by atoms with E-state index in [4.69, 9.17) is 0 Å². The molecule has 4 heteroatoms. The number of anilines is 1. The van der Waals surface area contributed by atoms with Crippen LogP contribution in [0.25, 0.3) is 0 Å². The number of carbonyl (C=O) groups is 1. The normalized spacial score (nSPS) is 9.73. The van der Waals surface area contributed by atoms with Gasteiger partial charge in [0, 0.05) is 0 Å². The van der Waals surface area contributed by atoms with Crippen LogP contribution in [0.3, 0.4) is 0 Å². The van der Waals surface area contributed by atoms with Crippen molar-refractivity contribution in [1.29, 1.82) is 0 Å². The molecule has 0 aromatic heterocycles. The first-order valence-electron chi connectivity index (χ1n) is 4.98. The standard InChI is InChI=1S/C11H15AtN2O/c1-2-11(15)13-8-7-9-3-5-10(14-12)6-4-9/h3-6,14H,2,7-8H2,1H3,(H,13,15). The molecule has 0 aliphatic heterocycles. The summed E-state index contributed by atoms with van der Waals surface area (Å²) in [6.45, 7) is 2.58. The fourth-order valence-electron chi connectivity index (χ4n) is 1.21. The summed E-state index contributed by atoms with van der Waals surface area (Å²) < 4.78 is 3.12. The van der Waals surface area contributed by atoms with Gasteiger partial charge in [-0.25, -0.2) is 0 Å². The first kappa shape index (κ1) is 12.4. The maximum absolute atomic E-state index is 11.0. The summed E-state index contributed by atoms with van der Waals surface area (Å²) in [5.74, 6) is 0.115. The molecule has 0 aliphatic rings. The predicted molar refractivity (Wildman–Crippen MR) is 57.1 cm³/mol. The van der Waals surface area contributed by atoms with Crippen molar-refractivity contribution in [3.8, 4) is 0 Å². The second-order valence-electron chi connectivity index (χ2n) is 3.24. The van der Waals surface area contributed by atoms with E-state index in [2.05, 4.69) is 32.8 Å². The van der Waals surface area contributed by atoms with Crippen molar-refractivity contribution in [1.82, 2.24) is 5.32 Å². The molecule has 1 rings (SSSR count). The molecule has 15 heavy (non-hydrogen) atoms. The van der Waals surface area contributed by atoms with Crippen LogP contribution in [0.1, 0.15) is 18.9 Å². The third-order valence-electron chi connectivity index (χ3n) is 2.12. The Morgan fingerprint density at radius 1 is 1.33 bits per heavy atom. The number of hydrogen-bond donors (Lipinski definition) is 2. The summed E-state index contributed by atoms with van der Waals surface area (Å²) >= 11 is 1.53. The second-order valence-corrected chi connectivity index (χ2v) is 3.98. The molecule has 0 fully saturated rings. The first-order valence-corrected chi connectivity index (χ1v) is 6.45. The molecule has 0 saturated heterocycles. The Morgan fingerprint density at radius 3 is 2.53 bits per heavy atom. The fourth-order valence-corrected chi connectivity index (χ4v) is 1.70. The van der Waals surface area contributed by atoms with E-state index in [1.54, 1.807) is 0 Å². The van der Waals surface area contributed by atoms with Gasteiger partial charge in [-0.05, 0) is 0 Å². The second kappa shape index (κ2) is 6.78. The zero-order valence-electron chi connectivity index (χ0n) is 8.72. The zero-order valence-corrected chi connectivity index (χ0v) is 11.7. The molecule has 0 atom stereocenters. The topological polar surface area (TPSA) is 41.1 Å². The van der Waals surface area contributed by atoms with Gasteiger partial charge in [0.2, 0.25) is 0 Å². The van der Waals surface area contributed by atoms with E-state index in [1.165, 1.54) is 30.6 Å². The Hall–Kier alpha value is -0.627. The van der Waals surface area contributed by atoms with Crippen molar-refractivity contribution < 1.29 is 29.8 Å². The van der Waals surface area contributed by atoms with Crippen molar-refractivity contribution in [3.63, 3.8) is 0 Å². The molecule has 3 nitrogen and oxygen atoms in total. The number of nitrogens with one attached hydrogen (secondary N) is 2. The van der Waals surface area contributed by atoms with Gasteiger partial charge in [0.05, 0.1) is 0 Å². The zero-order chi connectivity index (χ0) is 11.1. The average Bonchev–Trinajstić information content (AvgIpc) is 2.29. The Balaban J connectivity index is 2.34. The van der Waals surface area contributed by atoms with Crippen molar-refractivity contribution in [2.45, 2.75) is 19.8 Å². The molecule has 1 aromatic carbocycles. The summed E-state index contributed by atoms with van der Waals surface area (Å²) in [5, 5.41) is 2.86. The number of carbonyl (C=O) groups excluding carboxylic acids is 1. The van der Waals surface area contributed by atoms with Gasteiger partial charge in [0.15, 0.2) is 0 Å². The minimum absolute atomic E-state index is 0.115. The predicted octanol–water partition coefficient (Wildman–Crippen LogP) is 1.63. The van der Waals surface area contributed by atoms with Gasteiger partial charge < -0.3 is 0 Å². The Kier molecular flexibility index (Phi) is 5.63. The number of benzene rings is 1. The molecule has 1 aromatic rings. The Morgan fingerprint density at radius 2 is 2.00 bits per heavy atom. The molecular formula is C11H15AtN2O. The van der Waals surface area contributed by atoms with Gasteiger partial charge in [-0.2, -0.15) is 0 Å². The van der Waals surface area contributed by atoms with Gasteiger partial charge in [0.25, 0.3) is 0 Å². The van der Waals surface area contributed by atoms with E-state index in [9.17, 15) is 4.79 Å². The summed E-state index contributed by atoms with van der Waals surface area (Å²) in [4.78, 5) is 11.0. The summed E-state index contributed by atoms with van der Waals surface area (Å²) in [7, 11) is 0. The van der Waals surface area contributed by atoms with Crippen molar-refractivity contribution >= 4 is 11.6 Å². The van der Waals surface area contributed by atoms with E-state index >= 15 is 0 Å². The molecule has 0 radical (unpaired) electrons. The quantitative estimate of drug-likeness (QED) is 0.788. The van der Waals surface area contributed by atoms with Crippen LogP contribution in [-0.4, -0.2) is 12.5 Å². The molecule has 0 saturated carbocycles. The Bertz CT molecular complexity index is 311. The molecule has 0 unspecified atom stereocenters. The van der Waals surface area contributed by atoms with Gasteiger partial charge in [-0.3, -0.25) is 0 Å². The van der Waals surface area contributed by atoms with Crippen LogP contribution < -0.4 is 8.58 Å². The van der Waals surface area contributed by atoms with Crippen LogP contribution in [0.5, 0.6) is 0 Å². The monoisotopic (exact) mass is 401 g/mol. The van der Waals surface area contributed by atoms with E-state index in [-0.39, 0.29) is 5.91 Å². The van der Waals surface area contributed by atoms with E-state index in [0.29, 0.717) is 6.42 Å². The van der Waals surface area contributed by atoms with Crippen molar-refractivity contribution in [2.24, 2.45) is 0 Å². The molecular weight excluding hydrogens is 386 g/mol. The number of hydrogen-bond acceptors (Lipinski definition) is 2. The van der Waals surface area contributed by atoms with Crippen LogP contribution in [0.2, 0.25) is 0 Å². The molecule has 0 bridgehead atoms. The number of rotatable bonds is 5. The minimum atomic E-state index is 0.115. The van der Waals surface area contributed by atoms with Gasteiger partial charge in [-0.15, -0.1) is 0 Å². The molecule has 0 heterocycles. The fraction of sp³-hybridized carbons (Fsp3) is 0.364. The first-order chi connectivity index (χ1) is 7.26. The van der Waals surface area contributed by atoms with Gasteiger partial charge in [-0.1, -0.05) is 0 Å². The maximum atomic E-state index is 11.0. The van der Waals surface area contributed by atoms with Crippen LogP contribution >= 0.6 is 0 Å². The SMILES string of the molecule is CCC(=O)NCCc1ccc(N[At])cc1. The number of amides is 1. The summed E-state index contributed by atoms with van der Waals surface area (Å²) in [6.07, 6.45) is 1.45. The molecule has 0 aliphatic carbocycles. The molecule has 0 spiro atoms. The third kappa shape index (κ3) is 4.61. The van der Waals surface area contributed by atoms with E-state index in [1.807, 2.05) is 6.92 Å². The van der Waals surface area contributed by atoms with Crippen LogP contribution in [-0.2, 0) is 11.2 Å². The van der Waals surface area contributed by atoms with E-state index in [0.717, 1.165) is 18.7 Å². The van der Waals surface area contributed by atoms with Crippen molar-refractivity contribution in [3.05, 3.63) is 29.8 Å². The molecule has 1 amide bonds. The van der Waals surface area contributed by atoms with Crippen LogP contribution in [0.4, 0.5) is 5.69 Å².